The largest absolute Gasteiger partial charge is 0.506 e. The van der Waals surface area contributed by atoms with Crippen LogP contribution in [0.2, 0.25) is 0 Å². The number of carbonyl (C=O) groups excluding carboxylic acids is 2. The van der Waals surface area contributed by atoms with Gasteiger partial charge in [0.15, 0.2) is 0 Å². The van der Waals surface area contributed by atoms with E-state index >= 15 is 0 Å². The van der Waals surface area contributed by atoms with Gasteiger partial charge in [0.25, 0.3) is 11.7 Å². The molecule has 0 radical (unpaired) electrons. The number of hydrogen-bond donors (Lipinski definition) is 1. The molecule has 0 aromatic heterocycles. The van der Waals surface area contributed by atoms with Gasteiger partial charge < -0.3 is 29.0 Å². The molecule has 1 fully saturated rings. The van der Waals surface area contributed by atoms with Crippen molar-refractivity contribution in [3.8, 4) is 17.2 Å². The fourth-order valence-electron chi connectivity index (χ4n) is 4.55. The van der Waals surface area contributed by atoms with E-state index in [4.69, 9.17) is 18.9 Å². The fraction of sp³-hybridized carbons (Fsp3) is 0.267. The highest BCUT2D eigenvalue weighted by Crippen LogP contribution is 2.43. The molecular formula is C30H31NO7. The van der Waals surface area contributed by atoms with Gasteiger partial charge in [0.05, 0.1) is 32.4 Å². The molecule has 198 valence electrons. The smallest absolute Gasteiger partial charge is 0.295 e. The SMILES string of the molecule is COCCN1C(=O)C(=O)/C(=C(/O)c2c(OC)cccc2OC)C1c1ccc(OCc2ccccc2C)cc1. The number of Topliss-reactive ketones (excluding diaryl/α,β-unsaturated/α-hetero) is 1. The van der Waals surface area contributed by atoms with Crippen LogP contribution in [-0.4, -0.2) is 56.2 Å². The number of likely N-dealkylation sites (tertiary alicyclic amines) is 1. The average Bonchev–Trinajstić information content (AvgIpc) is 3.20. The van der Waals surface area contributed by atoms with Crippen molar-refractivity contribution in [1.29, 1.82) is 0 Å². The number of carbonyl (C=O) groups is 2. The Morgan fingerprint density at radius 3 is 2.16 bits per heavy atom. The van der Waals surface area contributed by atoms with Crippen LogP contribution in [-0.2, 0) is 20.9 Å². The van der Waals surface area contributed by atoms with Crippen molar-refractivity contribution in [2.75, 3.05) is 34.5 Å². The van der Waals surface area contributed by atoms with Gasteiger partial charge in [-0.05, 0) is 47.9 Å². The lowest BCUT2D eigenvalue weighted by Crippen LogP contribution is -2.32. The topological polar surface area (TPSA) is 94.5 Å². The van der Waals surface area contributed by atoms with Gasteiger partial charge in [-0.15, -0.1) is 0 Å². The lowest BCUT2D eigenvalue weighted by molar-refractivity contribution is -0.140. The number of ether oxygens (including phenoxy) is 4. The third-order valence-electron chi connectivity index (χ3n) is 6.59. The summed E-state index contributed by atoms with van der Waals surface area (Å²) >= 11 is 0. The van der Waals surface area contributed by atoms with Crippen molar-refractivity contribution in [1.82, 2.24) is 4.90 Å². The number of amides is 1. The number of benzene rings is 3. The van der Waals surface area contributed by atoms with E-state index in [1.807, 2.05) is 31.2 Å². The van der Waals surface area contributed by atoms with Crippen molar-refractivity contribution in [2.45, 2.75) is 19.6 Å². The summed E-state index contributed by atoms with van der Waals surface area (Å²) in [4.78, 5) is 27.8. The Labute approximate surface area is 222 Å². The molecule has 1 saturated heterocycles. The fourth-order valence-corrected chi connectivity index (χ4v) is 4.55. The van der Waals surface area contributed by atoms with Gasteiger partial charge >= 0.3 is 0 Å². The minimum absolute atomic E-state index is 0.0533. The third kappa shape index (κ3) is 5.21. The highest BCUT2D eigenvalue weighted by atomic mass is 16.5. The van der Waals surface area contributed by atoms with E-state index in [1.54, 1.807) is 42.5 Å². The number of methoxy groups -OCH3 is 3. The van der Waals surface area contributed by atoms with Crippen molar-refractivity contribution >= 4 is 17.4 Å². The first kappa shape index (κ1) is 26.8. The molecule has 1 heterocycles. The van der Waals surface area contributed by atoms with Crippen LogP contribution in [0.25, 0.3) is 5.76 Å². The molecule has 0 spiro atoms. The second-order valence-corrected chi connectivity index (χ2v) is 8.81. The summed E-state index contributed by atoms with van der Waals surface area (Å²) < 4.78 is 22.0. The molecular weight excluding hydrogens is 486 g/mol. The quantitative estimate of drug-likeness (QED) is 0.237. The maximum Gasteiger partial charge on any atom is 0.295 e. The second kappa shape index (κ2) is 11.8. The summed E-state index contributed by atoms with van der Waals surface area (Å²) in [6.07, 6.45) is 0. The zero-order valence-corrected chi connectivity index (χ0v) is 21.9. The molecule has 4 rings (SSSR count). The Morgan fingerprint density at radius 2 is 1.55 bits per heavy atom. The Kier molecular flexibility index (Phi) is 8.33. The summed E-state index contributed by atoms with van der Waals surface area (Å²) in [5.74, 6) is -0.634. The minimum Gasteiger partial charge on any atom is -0.506 e. The van der Waals surface area contributed by atoms with Gasteiger partial charge in [-0.2, -0.15) is 0 Å². The standard InChI is InChI=1S/C30H31NO7/c1-19-8-5-6-9-21(19)18-38-22-14-12-20(13-15-22)27-26(29(33)30(34)31(27)16-17-35-2)28(32)25-23(36-3)10-7-11-24(25)37-4/h5-15,27,32H,16-18H2,1-4H3/b28-26+. The molecule has 3 aromatic rings. The maximum absolute atomic E-state index is 13.3. The van der Waals surface area contributed by atoms with Crippen LogP contribution < -0.4 is 14.2 Å². The number of hydrogen-bond acceptors (Lipinski definition) is 7. The van der Waals surface area contributed by atoms with E-state index in [2.05, 4.69) is 0 Å². The predicted molar refractivity (Wildman–Crippen MR) is 142 cm³/mol. The molecule has 1 aliphatic rings. The van der Waals surface area contributed by atoms with Crippen molar-refractivity contribution in [3.63, 3.8) is 0 Å². The lowest BCUT2D eigenvalue weighted by atomic mass is 9.94. The van der Waals surface area contributed by atoms with E-state index in [1.165, 1.54) is 26.2 Å². The number of nitrogens with zero attached hydrogens (tertiary/aromatic N) is 1. The summed E-state index contributed by atoms with van der Waals surface area (Å²) in [5, 5.41) is 11.5. The van der Waals surface area contributed by atoms with E-state index < -0.39 is 17.7 Å². The van der Waals surface area contributed by atoms with Crippen LogP contribution in [0.4, 0.5) is 0 Å². The molecule has 1 aliphatic heterocycles. The van der Waals surface area contributed by atoms with E-state index in [0.29, 0.717) is 29.4 Å². The molecule has 0 bridgehead atoms. The van der Waals surface area contributed by atoms with Crippen LogP contribution in [0.3, 0.4) is 0 Å². The third-order valence-corrected chi connectivity index (χ3v) is 6.59. The molecule has 8 heteroatoms. The Bertz CT molecular complexity index is 1320. The van der Waals surface area contributed by atoms with Gasteiger partial charge in [-0.1, -0.05) is 42.5 Å². The molecule has 0 aliphatic carbocycles. The van der Waals surface area contributed by atoms with Crippen LogP contribution in [0.15, 0.2) is 72.3 Å². The van der Waals surface area contributed by atoms with Gasteiger partial charge in [0.2, 0.25) is 0 Å². The number of ketones is 1. The molecule has 3 aromatic carbocycles. The summed E-state index contributed by atoms with van der Waals surface area (Å²) in [6, 6.07) is 19.3. The maximum atomic E-state index is 13.3. The van der Waals surface area contributed by atoms with E-state index in [-0.39, 0.29) is 30.0 Å². The van der Waals surface area contributed by atoms with Crippen LogP contribution in [0.1, 0.15) is 28.3 Å². The molecule has 1 atom stereocenters. The highest BCUT2D eigenvalue weighted by Gasteiger charge is 2.46. The second-order valence-electron chi connectivity index (χ2n) is 8.81. The van der Waals surface area contributed by atoms with Crippen LogP contribution >= 0.6 is 0 Å². The monoisotopic (exact) mass is 517 g/mol. The van der Waals surface area contributed by atoms with Crippen molar-refractivity contribution < 1.29 is 33.6 Å². The lowest BCUT2D eigenvalue weighted by Gasteiger charge is -2.25. The summed E-state index contributed by atoms with van der Waals surface area (Å²) in [7, 11) is 4.43. The summed E-state index contributed by atoms with van der Waals surface area (Å²) in [6.45, 7) is 2.82. The molecule has 0 saturated carbocycles. The first-order valence-corrected chi connectivity index (χ1v) is 12.2. The molecule has 38 heavy (non-hydrogen) atoms. The number of rotatable bonds is 10. The van der Waals surface area contributed by atoms with E-state index in [9.17, 15) is 14.7 Å². The number of aliphatic hydroxyl groups is 1. The average molecular weight is 518 g/mol. The first-order valence-electron chi connectivity index (χ1n) is 12.2. The highest BCUT2D eigenvalue weighted by molar-refractivity contribution is 6.46. The van der Waals surface area contributed by atoms with Crippen LogP contribution in [0, 0.1) is 6.92 Å². The Hall–Kier alpha value is -4.30. The minimum atomic E-state index is -0.842. The van der Waals surface area contributed by atoms with Crippen molar-refractivity contribution in [2.24, 2.45) is 0 Å². The molecule has 1 amide bonds. The summed E-state index contributed by atoms with van der Waals surface area (Å²) in [5.41, 5.74) is 3.00. The van der Waals surface area contributed by atoms with Gasteiger partial charge in [0.1, 0.15) is 35.2 Å². The molecule has 1 N–H and O–H groups in total. The van der Waals surface area contributed by atoms with Gasteiger partial charge in [0, 0.05) is 13.7 Å². The zero-order chi connectivity index (χ0) is 27.2. The van der Waals surface area contributed by atoms with Crippen LogP contribution in [0.5, 0.6) is 17.2 Å². The zero-order valence-electron chi connectivity index (χ0n) is 21.9. The number of aryl methyl sites for hydroxylation is 1. The van der Waals surface area contributed by atoms with Crippen molar-refractivity contribution in [3.05, 3.63) is 94.6 Å². The number of aliphatic hydroxyl groups excluding tert-OH is 1. The van der Waals surface area contributed by atoms with Gasteiger partial charge in [-0.25, -0.2) is 0 Å². The normalized spacial score (nSPS) is 16.5. The van der Waals surface area contributed by atoms with E-state index in [0.717, 1.165) is 11.1 Å². The first-order chi connectivity index (χ1) is 18.4. The molecule has 1 unspecified atom stereocenters. The Morgan fingerprint density at radius 1 is 0.895 bits per heavy atom. The molecule has 8 nitrogen and oxygen atoms in total. The Balaban J connectivity index is 1.74. The predicted octanol–water partition coefficient (Wildman–Crippen LogP) is 4.66. The van der Waals surface area contributed by atoms with Gasteiger partial charge in [-0.3, -0.25) is 9.59 Å².